The van der Waals surface area contributed by atoms with Gasteiger partial charge in [-0.2, -0.15) is 0 Å². The summed E-state index contributed by atoms with van der Waals surface area (Å²) in [5.74, 6) is -2.18. The quantitative estimate of drug-likeness (QED) is 0.169. The first kappa shape index (κ1) is 47.8. The summed E-state index contributed by atoms with van der Waals surface area (Å²) in [6.07, 6.45) is 2.82. The van der Waals surface area contributed by atoms with Crippen LogP contribution in [0.15, 0.2) is 30.3 Å². The molecule has 2 aliphatic rings. The van der Waals surface area contributed by atoms with E-state index >= 15 is 0 Å². The van der Waals surface area contributed by atoms with Crippen molar-refractivity contribution in [1.82, 2.24) is 30.8 Å². The molecule has 322 valence electrons. The minimum absolute atomic E-state index is 0.00794. The second-order valence-electron chi connectivity index (χ2n) is 16.6. The number of ether oxygens (including phenoxy) is 2. The number of hydroxylamine groups is 2. The predicted molar refractivity (Wildman–Crippen MR) is 220 cm³/mol. The number of benzene rings is 1. The van der Waals surface area contributed by atoms with E-state index in [1.807, 2.05) is 71.9 Å². The first-order valence-corrected chi connectivity index (χ1v) is 21.0. The van der Waals surface area contributed by atoms with Gasteiger partial charge in [0.05, 0.1) is 49.3 Å². The van der Waals surface area contributed by atoms with Crippen molar-refractivity contribution in [3.63, 3.8) is 0 Å². The van der Waals surface area contributed by atoms with Crippen LogP contribution in [0.3, 0.4) is 0 Å². The third-order valence-electron chi connectivity index (χ3n) is 11.9. The first-order chi connectivity index (χ1) is 27.1. The lowest BCUT2D eigenvalue weighted by Gasteiger charge is -2.41. The predicted octanol–water partition coefficient (Wildman–Crippen LogP) is 3.57. The Balaban J connectivity index is 1.79. The van der Waals surface area contributed by atoms with Gasteiger partial charge in [0.15, 0.2) is 0 Å². The molecule has 57 heavy (non-hydrogen) atoms. The highest BCUT2D eigenvalue weighted by molar-refractivity contribution is 5.90. The van der Waals surface area contributed by atoms with Gasteiger partial charge in [0.2, 0.25) is 23.6 Å². The number of methoxy groups -OCH3 is 2. The van der Waals surface area contributed by atoms with Gasteiger partial charge >= 0.3 is 0 Å². The number of amides is 5. The Morgan fingerprint density at radius 1 is 0.877 bits per heavy atom. The van der Waals surface area contributed by atoms with Crippen LogP contribution in [0.5, 0.6) is 0 Å². The molecule has 0 aliphatic carbocycles. The Kier molecular flexibility index (Phi) is 19.4. The fourth-order valence-electron chi connectivity index (χ4n) is 8.35. The molecule has 3 rings (SSSR count). The molecule has 9 atom stereocenters. The van der Waals surface area contributed by atoms with E-state index in [4.69, 9.17) is 14.3 Å². The molecule has 0 bridgehead atoms. The van der Waals surface area contributed by atoms with Crippen LogP contribution < -0.4 is 16.0 Å². The summed E-state index contributed by atoms with van der Waals surface area (Å²) in [7, 11) is 6.56. The van der Waals surface area contributed by atoms with Gasteiger partial charge in [0.1, 0.15) is 12.1 Å². The molecule has 14 heteroatoms. The standard InChI is InChI=1S/C43H72N6O8/c1-12-29(6)38(47(9)43(54)37(28(4)5)46-41(52)36(44-8)27(2)3)34(55-10)26-35(50)48-22-18-21-33(48)39(56-11)30(7)40(51)45-32(25-31-19-14-13-15-20-31)42(53)49-23-16-17-24-57-49/h13-15,19-20,27-30,32-34,36-39,44H,12,16-18,21-26H2,1-11H3,(H,45,51)(H,46,52). The zero-order valence-electron chi connectivity index (χ0n) is 36.4. The Morgan fingerprint density at radius 3 is 2.09 bits per heavy atom. The molecule has 0 saturated carbocycles. The number of carbonyl (C=O) groups is 5. The monoisotopic (exact) mass is 801 g/mol. The number of hydrogen-bond acceptors (Lipinski definition) is 9. The third-order valence-corrected chi connectivity index (χ3v) is 11.9. The fourth-order valence-corrected chi connectivity index (χ4v) is 8.35. The second kappa shape index (κ2) is 23.1. The normalized spacial score (nSPS) is 20.3. The van der Waals surface area contributed by atoms with Crippen LogP contribution in [0.2, 0.25) is 0 Å². The topological polar surface area (TPSA) is 159 Å². The van der Waals surface area contributed by atoms with Gasteiger partial charge in [-0.1, -0.05) is 85.2 Å². The van der Waals surface area contributed by atoms with E-state index in [9.17, 15) is 24.0 Å². The van der Waals surface area contributed by atoms with Crippen molar-refractivity contribution in [2.75, 3.05) is 48.0 Å². The minimum atomic E-state index is -0.845. The number of carbonyl (C=O) groups excluding carboxylic acids is 5. The highest BCUT2D eigenvalue weighted by atomic mass is 16.7. The van der Waals surface area contributed by atoms with Gasteiger partial charge < -0.3 is 35.2 Å². The molecule has 9 unspecified atom stereocenters. The molecular weight excluding hydrogens is 729 g/mol. The molecule has 0 aromatic heterocycles. The molecule has 3 N–H and O–H groups in total. The van der Waals surface area contributed by atoms with E-state index in [-0.39, 0.29) is 53.7 Å². The van der Waals surface area contributed by atoms with Gasteiger partial charge in [0, 0.05) is 40.8 Å². The molecule has 0 spiro atoms. The molecule has 2 saturated heterocycles. The Labute approximate surface area is 341 Å². The second-order valence-corrected chi connectivity index (χ2v) is 16.6. The number of nitrogens with zero attached hydrogens (tertiary/aromatic N) is 3. The SMILES string of the molecule is CCC(C)C(C(CC(=O)N1CCCC1C(OC)C(C)C(=O)NC(Cc1ccccc1)C(=O)N1CCCCO1)OC)N(C)C(=O)C(NC(=O)C(NC)C(C)C)C(C)C. The van der Waals surface area contributed by atoms with Crippen molar-refractivity contribution in [3.05, 3.63) is 35.9 Å². The summed E-state index contributed by atoms with van der Waals surface area (Å²) in [4.78, 5) is 78.5. The maximum absolute atomic E-state index is 14.3. The molecule has 1 aromatic rings. The highest BCUT2D eigenvalue weighted by Gasteiger charge is 2.43. The molecule has 2 fully saturated rings. The average molecular weight is 801 g/mol. The van der Waals surface area contributed by atoms with Crippen molar-refractivity contribution in [2.45, 2.75) is 136 Å². The summed E-state index contributed by atoms with van der Waals surface area (Å²) in [6.45, 7) is 15.0. The van der Waals surface area contributed by atoms with Crippen molar-refractivity contribution < 1.29 is 38.3 Å². The zero-order chi connectivity index (χ0) is 42.4. The maximum atomic E-state index is 14.3. The van der Waals surface area contributed by atoms with Gasteiger partial charge in [-0.15, -0.1) is 0 Å². The van der Waals surface area contributed by atoms with E-state index in [1.165, 1.54) is 5.06 Å². The molecule has 0 radical (unpaired) electrons. The van der Waals surface area contributed by atoms with Crippen molar-refractivity contribution in [3.8, 4) is 0 Å². The number of hydrogen-bond donors (Lipinski definition) is 3. The minimum Gasteiger partial charge on any atom is -0.379 e. The van der Waals surface area contributed by atoms with Crippen LogP contribution in [0, 0.1) is 23.7 Å². The van der Waals surface area contributed by atoms with Crippen LogP contribution in [0.1, 0.15) is 92.6 Å². The van der Waals surface area contributed by atoms with Gasteiger partial charge in [-0.05, 0) is 56.0 Å². The van der Waals surface area contributed by atoms with Crippen LogP contribution >= 0.6 is 0 Å². The van der Waals surface area contributed by atoms with Crippen LogP contribution in [-0.4, -0.2) is 135 Å². The molecule has 14 nitrogen and oxygen atoms in total. The molecule has 2 heterocycles. The third kappa shape index (κ3) is 12.7. The van der Waals surface area contributed by atoms with Gasteiger partial charge in [0.25, 0.3) is 5.91 Å². The largest absolute Gasteiger partial charge is 0.379 e. The number of rotatable bonds is 21. The summed E-state index contributed by atoms with van der Waals surface area (Å²) in [5, 5.41) is 10.4. The first-order valence-electron chi connectivity index (χ1n) is 21.0. The van der Waals surface area contributed by atoms with E-state index in [1.54, 1.807) is 45.0 Å². The Hall–Kier alpha value is -3.59. The lowest BCUT2D eigenvalue weighted by atomic mass is 9.89. The van der Waals surface area contributed by atoms with Gasteiger partial charge in [-0.3, -0.25) is 28.8 Å². The molecular formula is C43H72N6O8. The maximum Gasteiger partial charge on any atom is 0.269 e. The lowest BCUT2D eigenvalue weighted by Crippen LogP contribution is -2.59. The molecule has 1 aromatic carbocycles. The summed E-state index contributed by atoms with van der Waals surface area (Å²) >= 11 is 0. The highest BCUT2D eigenvalue weighted by Crippen LogP contribution is 2.30. The van der Waals surface area contributed by atoms with Crippen molar-refractivity contribution in [2.24, 2.45) is 23.7 Å². The van der Waals surface area contributed by atoms with Gasteiger partial charge in [-0.25, -0.2) is 5.06 Å². The summed E-state index contributed by atoms with van der Waals surface area (Å²) < 4.78 is 12.0. The summed E-state index contributed by atoms with van der Waals surface area (Å²) in [6, 6.07) is 6.62. The lowest BCUT2D eigenvalue weighted by molar-refractivity contribution is -0.199. The zero-order valence-corrected chi connectivity index (χ0v) is 36.4. The average Bonchev–Trinajstić information content (AvgIpc) is 3.69. The van der Waals surface area contributed by atoms with Crippen LogP contribution in [0.4, 0.5) is 0 Å². The number of likely N-dealkylation sites (N-methyl/N-ethyl adjacent to an activating group) is 2. The van der Waals surface area contributed by atoms with E-state index in [0.29, 0.717) is 32.5 Å². The number of likely N-dealkylation sites (tertiary alicyclic amines) is 1. The van der Waals surface area contributed by atoms with E-state index in [0.717, 1.165) is 31.2 Å². The Morgan fingerprint density at radius 2 is 1.54 bits per heavy atom. The van der Waals surface area contributed by atoms with Crippen molar-refractivity contribution >= 4 is 29.5 Å². The van der Waals surface area contributed by atoms with Crippen molar-refractivity contribution in [1.29, 1.82) is 0 Å². The van der Waals surface area contributed by atoms with Crippen LogP contribution in [0.25, 0.3) is 0 Å². The molecule has 5 amide bonds. The van der Waals surface area contributed by atoms with Crippen LogP contribution in [-0.2, 0) is 44.7 Å². The fraction of sp³-hybridized carbons (Fsp3) is 0.744. The summed E-state index contributed by atoms with van der Waals surface area (Å²) in [5.41, 5.74) is 0.908. The van der Waals surface area contributed by atoms with E-state index < -0.39 is 48.3 Å². The van der Waals surface area contributed by atoms with E-state index in [2.05, 4.69) is 16.0 Å². The number of nitrogens with one attached hydrogen (secondary N) is 3. The molecule has 2 aliphatic heterocycles. The smallest absolute Gasteiger partial charge is 0.269 e. The Bertz CT molecular complexity index is 1440.